The van der Waals surface area contributed by atoms with Gasteiger partial charge in [0.1, 0.15) is 6.17 Å². The summed E-state index contributed by atoms with van der Waals surface area (Å²) in [5, 5.41) is 0. The standard InChI is InChI=1S/C14H20F/c1-2-3-4-5-9-12-14(15)13-10-7-6-8-11-13/h6-8,10,14H,2-5,9,12H2,1H3. The molecule has 0 heterocycles. The Labute approximate surface area is 92.5 Å². The summed E-state index contributed by atoms with van der Waals surface area (Å²) in [4.78, 5) is 0. The minimum atomic E-state index is -0.826. The minimum Gasteiger partial charge on any atom is -0.242 e. The van der Waals surface area contributed by atoms with E-state index in [0.717, 1.165) is 12.8 Å². The van der Waals surface area contributed by atoms with Crippen LogP contribution in [-0.4, -0.2) is 0 Å². The van der Waals surface area contributed by atoms with Gasteiger partial charge in [0.25, 0.3) is 0 Å². The predicted octanol–water partition coefficient (Wildman–Crippen LogP) is 4.86. The first kappa shape index (κ1) is 12.2. The fourth-order valence-electron chi connectivity index (χ4n) is 1.68. The molecule has 0 bridgehead atoms. The molecule has 1 atom stereocenters. The average Bonchev–Trinajstić information content (AvgIpc) is 2.30. The lowest BCUT2D eigenvalue weighted by Crippen LogP contribution is -1.91. The monoisotopic (exact) mass is 207 g/mol. The molecule has 0 aliphatic carbocycles. The molecule has 0 aliphatic heterocycles. The maximum atomic E-state index is 13.6. The molecule has 1 radical (unpaired) electrons. The smallest absolute Gasteiger partial charge is 0.126 e. The van der Waals surface area contributed by atoms with Crippen molar-refractivity contribution in [2.45, 2.75) is 51.6 Å². The van der Waals surface area contributed by atoms with Gasteiger partial charge in [-0.2, -0.15) is 0 Å². The average molecular weight is 207 g/mol. The Morgan fingerprint density at radius 2 is 2.00 bits per heavy atom. The zero-order valence-electron chi connectivity index (χ0n) is 9.51. The van der Waals surface area contributed by atoms with E-state index in [9.17, 15) is 4.39 Å². The Morgan fingerprint density at radius 1 is 1.20 bits per heavy atom. The molecule has 1 aromatic rings. The van der Waals surface area contributed by atoms with Crippen molar-refractivity contribution >= 4 is 0 Å². The second-order valence-corrected chi connectivity index (χ2v) is 3.99. The van der Waals surface area contributed by atoms with Crippen LogP contribution in [0.5, 0.6) is 0 Å². The van der Waals surface area contributed by atoms with E-state index in [1.54, 1.807) is 6.07 Å². The molecule has 83 valence electrons. The van der Waals surface area contributed by atoms with Gasteiger partial charge in [-0.15, -0.1) is 0 Å². The highest BCUT2D eigenvalue weighted by Crippen LogP contribution is 2.23. The predicted molar refractivity (Wildman–Crippen MR) is 62.5 cm³/mol. The summed E-state index contributed by atoms with van der Waals surface area (Å²) < 4.78 is 13.6. The van der Waals surface area contributed by atoms with Gasteiger partial charge in [-0.3, -0.25) is 0 Å². The Hall–Kier alpha value is -0.850. The van der Waals surface area contributed by atoms with Crippen molar-refractivity contribution in [2.75, 3.05) is 0 Å². The first-order valence-electron chi connectivity index (χ1n) is 5.95. The quantitative estimate of drug-likeness (QED) is 0.560. The van der Waals surface area contributed by atoms with Crippen LogP contribution in [0.3, 0.4) is 0 Å². The lowest BCUT2D eigenvalue weighted by molar-refractivity contribution is 0.312. The molecule has 1 aromatic carbocycles. The van der Waals surface area contributed by atoms with Crippen LogP contribution in [0.4, 0.5) is 4.39 Å². The summed E-state index contributed by atoms with van der Waals surface area (Å²) >= 11 is 0. The molecule has 1 heteroatoms. The van der Waals surface area contributed by atoms with E-state index in [0.29, 0.717) is 12.0 Å². The minimum absolute atomic E-state index is 0.643. The number of hydrogen-bond donors (Lipinski definition) is 0. The van der Waals surface area contributed by atoms with Crippen molar-refractivity contribution in [2.24, 2.45) is 0 Å². The molecule has 0 saturated carbocycles. The molecule has 0 saturated heterocycles. The second kappa shape index (κ2) is 7.44. The van der Waals surface area contributed by atoms with E-state index in [1.165, 1.54) is 19.3 Å². The van der Waals surface area contributed by atoms with Crippen molar-refractivity contribution in [3.8, 4) is 0 Å². The molecular weight excluding hydrogens is 187 g/mol. The number of halogens is 1. The highest BCUT2D eigenvalue weighted by molar-refractivity contribution is 5.15. The molecular formula is C14H20F. The third-order valence-corrected chi connectivity index (χ3v) is 2.63. The van der Waals surface area contributed by atoms with Gasteiger partial charge in [-0.25, -0.2) is 4.39 Å². The van der Waals surface area contributed by atoms with E-state index < -0.39 is 6.17 Å². The van der Waals surface area contributed by atoms with Gasteiger partial charge in [-0.05, 0) is 18.1 Å². The van der Waals surface area contributed by atoms with Gasteiger partial charge in [0.15, 0.2) is 0 Å². The summed E-state index contributed by atoms with van der Waals surface area (Å²) in [6.07, 6.45) is 5.71. The number of rotatable bonds is 7. The SMILES string of the molecule is CCCCCCCC(F)c1[c]cccc1. The summed E-state index contributed by atoms with van der Waals surface area (Å²) in [7, 11) is 0. The maximum absolute atomic E-state index is 13.6. The Balaban J connectivity index is 2.16. The van der Waals surface area contributed by atoms with Gasteiger partial charge in [0.2, 0.25) is 0 Å². The number of alkyl halides is 1. The van der Waals surface area contributed by atoms with Crippen molar-refractivity contribution in [1.82, 2.24) is 0 Å². The first-order valence-corrected chi connectivity index (χ1v) is 5.95. The lowest BCUT2D eigenvalue weighted by Gasteiger charge is -2.07. The van der Waals surface area contributed by atoms with Crippen molar-refractivity contribution in [3.63, 3.8) is 0 Å². The van der Waals surface area contributed by atoms with Crippen LogP contribution in [0.2, 0.25) is 0 Å². The molecule has 0 aliphatic rings. The Kier molecular flexibility index (Phi) is 6.06. The van der Waals surface area contributed by atoms with E-state index >= 15 is 0 Å². The van der Waals surface area contributed by atoms with Gasteiger partial charge >= 0.3 is 0 Å². The molecule has 15 heavy (non-hydrogen) atoms. The van der Waals surface area contributed by atoms with Crippen LogP contribution >= 0.6 is 0 Å². The van der Waals surface area contributed by atoms with E-state index in [2.05, 4.69) is 13.0 Å². The lowest BCUT2D eigenvalue weighted by atomic mass is 10.0. The molecule has 0 amide bonds. The van der Waals surface area contributed by atoms with Crippen molar-refractivity contribution in [1.29, 1.82) is 0 Å². The fourth-order valence-corrected chi connectivity index (χ4v) is 1.68. The molecule has 0 nitrogen and oxygen atoms in total. The molecule has 0 N–H and O–H groups in total. The van der Waals surface area contributed by atoms with Gasteiger partial charge in [0.05, 0.1) is 0 Å². The molecule has 1 unspecified atom stereocenters. The summed E-state index contributed by atoms with van der Waals surface area (Å²) in [6, 6.07) is 10.3. The van der Waals surface area contributed by atoms with Crippen LogP contribution in [0.25, 0.3) is 0 Å². The van der Waals surface area contributed by atoms with Crippen LogP contribution in [0, 0.1) is 6.07 Å². The molecule has 0 aromatic heterocycles. The van der Waals surface area contributed by atoms with Crippen LogP contribution < -0.4 is 0 Å². The Bertz CT molecular complexity index is 243. The zero-order valence-corrected chi connectivity index (χ0v) is 9.51. The third-order valence-electron chi connectivity index (χ3n) is 2.63. The summed E-state index contributed by atoms with van der Waals surface area (Å²) in [6.45, 7) is 2.19. The topological polar surface area (TPSA) is 0 Å². The molecule has 1 rings (SSSR count). The highest BCUT2D eigenvalue weighted by Gasteiger charge is 2.08. The van der Waals surface area contributed by atoms with Crippen LogP contribution in [0.1, 0.15) is 57.2 Å². The van der Waals surface area contributed by atoms with E-state index in [4.69, 9.17) is 0 Å². The highest BCUT2D eigenvalue weighted by atomic mass is 19.1. The number of hydrogen-bond acceptors (Lipinski definition) is 0. The zero-order chi connectivity index (χ0) is 10.9. The van der Waals surface area contributed by atoms with Crippen LogP contribution in [-0.2, 0) is 0 Å². The fraction of sp³-hybridized carbons (Fsp3) is 0.571. The van der Waals surface area contributed by atoms with Gasteiger partial charge in [-0.1, -0.05) is 63.3 Å². The molecule has 0 spiro atoms. The summed E-state index contributed by atoms with van der Waals surface area (Å²) in [5.74, 6) is 0. The third kappa shape index (κ3) is 4.96. The Morgan fingerprint density at radius 3 is 2.67 bits per heavy atom. The normalized spacial score (nSPS) is 12.7. The second-order valence-electron chi connectivity index (χ2n) is 3.99. The maximum Gasteiger partial charge on any atom is 0.126 e. The first-order chi connectivity index (χ1) is 7.34. The van der Waals surface area contributed by atoms with Gasteiger partial charge in [0, 0.05) is 0 Å². The summed E-state index contributed by atoms with van der Waals surface area (Å²) in [5.41, 5.74) is 0.702. The number of benzene rings is 1. The largest absolute Gasteiger partial charge is 0.242 e. The van der Waals surface area contributed by atoms with Gasteiger partial charge < -0.3 is 0 Å². The molecule has 0 fully saturated rings. The van der Waals surface area contributed by atoms with E-state index in [-0.39, 0.29) is 0 Å². The van der Waals surface area contributed by atoms with E-state index in [1.807, 2.05) is 18.2 Å². The number of unbranched alkanes of at least 4 members (excludes halogenated alkanes) is 4. The van der Waals surface area contributed by atoms with Crippen molar-refractivity contribution in [3.05, 3.63) is 35.9 Å². The van der Waals surface area contributed by atoms with Crippen molar-refractivity contribution < 1.29 is 4.39 Å². The van der Waals surface area contributed by atoms with Crippen LogP contribution in [0.15, 0.2) is 24.3 Å².